The molecule has 4 heteroatoms. The summed E-state index contributed by atoms with van der Waals surface area (Å²) in [6.07, 6.45) is 1.81. The van der Waals surface area contributed by atoms with Crippen LogP contribution in [0.2, 0.25) is 5.02 Å². The number of oxazole rings is 1. The van der Waals surface area contributed by atoms with Crippen LogP contribution in [0.5, 0.6) is 0 Å². The van der Waals surface area contributed by atoms with Gasteiger partial charge in [0, 0.05) is 16.8 Å². The van der Waals surface area contributed by atoms with E-state index in [1.807, 2.05) is 66.9 Å². The maximum atomic E-state index is 5.96. The molecule has 4 aromatic carbocycles. The second-order valence-electron chi connectivity index (χ2n) is 6.54. The lowest BCUT2D eigenvalue weighted by molar-refractivity contribution is 0.620. The molecular formula is C24H15ClN2O. The largest absolute Gasteiger partial charge is 0.436 e. The molecule has 0 saturated carbocycles. The third kappa shape index (κ3) is 3.28. The normalized spacial score (nSPS) is 11.6. The molecule has 0 spiro atoms. The Morgan fingerprint density at radius 2 is 1.64 bits per heavy atom. The van der Waals surface area contributed by atoms with E-state index in [-0.39, 0.29) is 0 Å². The summed E-state index contributed by atoms with van der Waals surface area (Å²) in [5, 5.41) is 3.07. The first-order valence-electron chi connectivity index (χ1n) is 8.94. The summed E-state index contributed by atoms with van der Waals surface area (Å²) in [6.45, 7) is 0. The highest BCUT2D eigenvalue weighted by Gasteiger charge is 2.09. The van der Waals surface area contributed by atoms with Crippen molar-refractivity contribution >= 4 is 45.4 Å². The predicted molar refractivity (Wildman–Crippen MR) is 116 cm³/mol. The molecule has 0 bridgehead atoms. The van der Waals surface area contributed by atoms with E-state index in [1.165, 1.54) is 5.39 Å². The van der Waals surface area contributed by atoms with Crippen LogP contribution in [-0.4, -0.2) is 11.2 Å². The van der Waals surface area contributed by atoms with E-state index in [1.54, 1.807) is 0 Å². The maximum absolute atomic E-state index is 5.96. The molecule has 0 saturated heterocycles. The maximum Gasteiger partial charge on any atom is 0.227 e. The molecule has 28 heavy (non-hydrogen) atoms. The van der Waals surface area contributed by atoms with Gasteiger partial charge in [0.1, 0.15) is 5.52 Å². The van der Waals surface area contributed by atoms with Crippen molar-refractivity contribution in [3.8, 4) is 11.5 Å². The molecule has 0 amide bonds. The zero-order valence-corrected chi connectivity index (χ0v) is 15.6. The van der Waals surface area contributed by atoms with E-state index < -0.39 is 0 Å². The Morgan fingerprint density at radius 1 is 0.821 bits per heavy atom. The molecule has 0 aliphatic carbocycles. The lowest BCUT2D eigenvalue weighted by atomic mass is 10.1. The van der Waals surface area contributed by atoms with Crippen LogP contribution in [0, 0.1) is 0 Å². The number of halogens is 1. The second kappa shape index (κ2) is 6.95. The minimum Gasteiger partial charge on any atom is -0.436 e. The zero-order valence-electron chi connectivity index (χ0n) is 14.8. The minimum absolute atomic E-state index is 0.611. The molecule has 0 aliphatic heterocycles. The summed E-state index contributed by atoms with van der Waals surface area (Å²) in [5.41, 5.74) is 4.30. The van der Waals surface area contributed by atoms with Crippen LogP contribution in [0.3, 0.4) is 0 Å². The minimum atomic E-state index is 0.611. The van der Waals surface area contributed by atoms with Crippen molar-refractivity contribution in [2.24, 2.45) is 4.99 Å². The first-order valence-corrected chi connectivity index (χ1v) is 9.32. The first-order chi connectivity index (χ1) is 13.7. The van der Waals surface area contributed by atoms with Crippen molar-refractivity contribution in [1.29, 1.82) is 0 Å². The van der Waals surface area contributed by atoms with Gasteiger partial charge in [0.05, 0.1) is 5.69 Å². The Balaban J connectivity index is 1.48. The number of aromatic nitrogens is 1. The smallest absolute Gasteiger partial charge is 0.227 e. The third-order valence-electron chi connectivity index (χ3n) is 4.60. The van der Waals surface area contributed by atoms with Gasteiger partial charge in [-0.05, 0) is 58.8 Å². The lowest BCUT2D eigenvalue weighted by Gasteiger charge is -1.99. The predicted octanol–water partition coefficient (Wildman–Crippen LogP) is 7.05. The van der Waals surface area contributed by atoms with E-state index >= 15 is 0 Å². The third-order valence-corrected chi connectivity index (χ3v) is 4.85. The molecule has 1 heterocycles. The van der Waals surface area contributed by atoms with Gasteiger partial charge in [-0.2, -0.15) is 0 Å². The summed E-state index contributed by atoms with van der Waals surface area (Å²) in [5.74, 6) is 0.611. The highest BCUT2D eigenvalue weighted by atomic mass is 35.5. The standard InChI is InChI=1S/C24H15ClN2O/c25-20-9-5-16(6-10-20)15-26-21-11-12-23-22(14-21)27-24(28-23)19-8-7-17-3-1-2-4-18(17)13-19/h1-15H. The first kappa shape index (κ1) is 16.7. The zero-order chi connectivity index (χ0) is 18.9. The van der Waals surface area contributed by atoms with Crippen LogP contribution in [-0.2, 0) is 0 Å². The molecule has 1 aromatic heterocycles. The van der Waals surface area contributed by atoms with Crippen molar-refractivity contribution in [2.45, 2.75) is 0 Å². The number of fused-ring (bicyclic) bond motifs is 2. The van der Waals surface area contributed by atoms with Gasteiger partial charge in [0.25, 0.3) is 0 Å². The van der Waals surface area contributed by atoms with Gasteiger partial charge >= 0.3 is 0 Å². The van der Waals surface area contributed by atoms with E-state index in [9.17, 15) is 0 Å². The summed E-state index contributed by atoms with van der Waals surface area (Å²) in [7, 11) is 0. The fourth-order valence-corrected chi connectivity index (χ4v) is 3.27. The number of nitrogens with zero attached hydrogens (tertiary/aromatic N) is 2. The Kier molecular flexibility index (Phi) is 4.15. The molecule has 0 fully saturated rings. The van der Waals surface area contributed by atoms with Crippen molar-refractivity contribution < 1.29 is 4.42 Å². The van der Waals surface area contributed by atoms with Crippen LogP contribution < -0.4 is 0 Å². The molecule has 5 rings (SSSR count). The van der Waals surface area contributed by atoms with Gasteiger partial charge in [-0.25, -0.2) is 4.98 Å². The average molecular weight is 383 g/mol. The number of rotatable bonds is 3. The Morgan fingerprint density at radius 3 is 2.50 bits per heavy atom. The van der Waals surface area contributed by atoms with Gasteiger partial charge < -0.3 is 4.42 Å². The number of aliphatic imine (C=N–C) groups is 1. The number of hydrogen-bond acceptors (Lipinski definition) is 3. The Bertz CT molecular complexity index is 1320. The highest BCUT2D eigenvalue weighted by molar-refractivity contribution is 6.30. The quantitative estimate of drug-likeness (QED) is 0.313. The molecule has 0 radical (unpaired) electrons. The molecule has 5 aromatic rings. The molecule has 0 unspecified atom stereocenters. The molecule has 3 nitrogen and oxygen atoms in total. The SMILES string of the molecule is Clc1ccc(C=Nc2ccc3oc(-c4ccc5ccccc5c4)nc3c2)cc1. The molecule has 0 N–H and O–H groups in total. The molecular weight excluding hydrogens is 368 g/mol. The fourth-order valence-electron chi connectivity index (χ4n) is 3.14. The van der Waals surface area contributed by atoms with Crippen LogP contribution in [0.1, 0.15) is 5.56 Å². The van der Waals surface area contributed by atoms with Gasteiger partial charge in [-0.1, -0.05) is 54.1 Å². The fraction of sp³-hybridized carbons (Fsp3) is 0. The van der Waals surface area contributed by atoms with Gasteiger partial charge in [0.15, 0.2) is 5.58 Å². The van der Waals surface area contributed by atoms with Gasteiger partial charge in [-0.15, -0.1) is 0 Å². The second-order valence-corrected chi connectivity index (χ2v) is 6.98. The van der Waals surface area contributed by atoms with Crippen molar-refractivity contribution in [1.82, 2.24) is 4.98 Å². The Labute approximate surface area is 166 Å². The van der Waals surface area contributed by atoms with Crippen LogP contribution in [0.15, 0.2) is 94.3 Å². The average Bonchev–Trinajstić information content (AvgIpc) is 3.16. The van der Waals surface area contributed by atoms with Crippen molar-refractivity contribution in [2.75, 3.05) is 0 Å². The lowest BCUT2D eigenvalue weighted by Crippen LogP contribution is -1.79. The Hall–Kier alpha value is -3.43. The molecule has 0 atom stereocenters. The van der Waals surface area contributed by atoms with E-state index in [2.05, 4.69) is 34.2 Å². The summed E-state index contributed by atoms with van der Waals surface area (Å²) in [6, 6.07) is 27.8. The summed E-state index contributed by atoms with van der Waals surface area (Å²) in [4.78, 5) is 9.19. The van der Waals surface area contributed by atoms with Gasteiger partial charge in [-0.3, -0.25) is 4.99 Å². The van der Waals surface area contributed by atoms with E-state index in [0.717, 1.165) is 33.3 Å². The van der Waals surface area contributed by atoms with Crippen LogP contribution in [0.25, 0.3) is 33.3 Å². The van der Waals surface area contributed by atoms with Gasteiger partial charge in [0.2, 0.25) is 5.89 Å². The monoisotopic (exact) mass is 382 g/mol. The molecule has 0 aliphatic rings. The molecule has 134 valence electrons. The van der Waals surface area contributed by atoms with Crippen molar-refractivity contribution in [3.63, 3.8) is 0 Å². The summed E-state index contributed by atoms with van der Waals surface area (Å²) >= 11 is 5.92. The van der Waals surface area contributed by atoms with E-state index in [0.29, 0.717) is 10.9 Å². The summed E-state index contributed by atoms with van der Waals surface area (Å²) < 4.78 is 5.96. The number of benzene rings is 4. The van der Waals surface area contributed by atoms with Crippen molar-refractivity contribution in [3.05, 3.63) is 95.5 Å². The van der Waals surface area contributed by atoms with Crippen LogP contribution in [0.4, 0.5) is 5.69 Å². The highest BCUT2D eigenvalue weighted by Crippen LogP contribution is 2.29. The topological polar surface area (TPSA) is 38.4 Å². The number of hydrogen-bond donors (Lipinski definition) is 0. The van der Waals surface area contributed by atoms with Crippen LogP contribution >= 0.6 is 11.6 Å². The van der Waals surface area contributed by atoms with E-state index in [4.69, 9.17) is 16.0 Å².